The first-order valence-electron chi connectivity index (χ1n) is 7.50. The molecule has 2 aromatic carbocycles. The van der Waals surface area contributed by atoms with Gasteiger partial charge in [0, 0.05) is 16.3 Å². The molecule has 0 aromatic heterocycles. The smallest absolute Gasteiger partial charge is 0.266 e. The zero-order valence-electron chi connectivity index (χ0n) is 13.8. The fraction of sp³-hybridized carbons (Fsp3) is 0.100. The van der Waals surface area contributed by atoms with Crippen LogP contribution in [0.1, 0.15) is 11.1 Å². The van der Waals surface area contributed by atoms with Gasteiger partial charge in [-0.1, -0.05) is 47.3 Å². The number of nitrogens with one attached hydrogen (secondary N) is 1. The van der Waals surface area contributed by atoms with Crippen LogP contribution in [0.5, 0.6) is 5.75 Å². The van der Waals surface area contributed by atoms with Crippen molar-refractivity contribution in [2.75, 3.05) is 11.9 Å². The number of ether oxygens (including phenoxy) is 1. The molecule has 130 valence electrons. The Morgan fingerprint density at radius 1 is 1.35 bits per heavy atom. The van der Waals surface area contributed by atoms with Crippen molar-refractivity contribution in [3.05, 3.63) is 63.1 Å². The maximum atomic E-state index is 12.5. The number of nitriles is 1. The Hall–Kier alpha value is -2.92. The quantitative estimate of drug-likeness (QED) is 0.454. The summed E-state index contributed by atoms with van der Waals surface area (Å²) in [6.07, 6.45) is 6.56. The van der Waals surface area contributed by atoms with Crippen molar-refractivity contribution in [2.45, 2.75) is 6.92 Å². The minimum absolute atomic E-state index is 0.0144. The Morgan fingerprint density at radius 2 is 2.08 bits per heavy atom. The van der Waals surface area contributed by atoms with Crippen LogP contribution in [0.15, 0.2) is 42.0 Å². The summed E-state index contributed by atoms with van der Waals surface area (Å²) in [7, 11) is 0. The number of para-hydroxylation sites is 1. The third-order valence-electron chi connectivity index (χ3n) is 3.40. The number of carbonyl (C=O) groups excluding carboxylic acids is 1. The molecule has 0 heterocycles. The zero-order chi connectivity index (χ0) is 19.1. The van der Waals surface area contributed by atoms with Crippen LogP contribution in [-0.2, 0) is 4.79 Å². The van der Waals surface area contributed by atoms with Gasteiger partial charge in [-0.05, 0) is 36.8 Å². The minimum atomic E-state index is -0.555. The molecule has 0 atom stereocenters. The number of carbonyl (C=O) groups is 1. The number of amides is 1. The molecule has 4 nitrogen and oxygen atoms in total. The average Bonchev–Trinajstić information content (AvgIpc) is 2.60. The van der Waals surface area contributed by atoms with Gasteiger partial charge in [0.05, 0.1) is 5.02 Å². The van der Waals surface area contributed by atoms with Gasteiger partial charge in [0.2, 0.25) is 0 Å². The molecule has 0 saturated carbocycles. The lowest BCUT2D eigenvalue weighted by atomic mass is 10.1. The SMILES string of the molecule is C#CCOc1c(Cl)cc(Cl)cc1/C=C(\C#N)C(=O)Nc1ccccc1C. The van der Waals surface area contributed by atoms with Crippen LogP contribution in [0.4, 0.5) is 5.69 Å². The Kier molecular flexibility index (Phi) is 6.69. The van der Waals surface area contributed by atoms with Crippen molar-refractivity contribution >= 4 is 40.9 Å². The molecule has 0 aliphatic heterocycles. The van der Waals surface area contributed by atoms with E-state index in [9.17, 15) is 10.1 Å². The van der Waals surface area contributed by atoms with Gasteiger partial charge in [-0.2, -0.15) is 5.26 Å². The summed E-state index contributed by atoms with van der Waals surface area (Å²) in [5.74, 6) is 2.04. The van der Waals surface area contributed by atoms with E-state index in [1.54, 1.807) is 12.1 Å². The van der Waals surface area contributed by atoms with Crippen LogP contribution in [0.2, 0.25) is 10.0 Å². The van der Waals surface area contributed by atoms with E-state index in [0.29, 0.717) is 16.3 Å². The molecule has 1 N–H and O–H groups in total. The maximum Gasteiger partial charge on any atom is 0.266 e. The summed E-state index contributed by atoms with van der Waals surface area (Å²) in [5.41, 5.74) is 1.75. The Morgan fingerprint density at radius 3 is 2.73 bits per heavy atom. The minimum Gasteiger partial charge on any atom is -0.479 e. The standard InChI is InChI=1S/C20H14Cl2N2O2/c1-3-8-26-19-14(10-16(21)11-17(19)22)9-15(12-23)20(25)24-18-7-5-4-6-13(18)2/h1,4-7,9-11H,8H2,2H3,(H,24,25)/b15-9+. The number of benzene rings is 2. The van der Waals surface area contributed by atoms with E-state index < -0.39 is 5.91 Å². The number of rotatable bonds is 5. The average molecular weight is 385 g/mol. The summed E-state index contributed by atoms with van der Waals surface area (Å²) in [6.45, 7) is 1.84. The van der Waals surface area contributed by atoms with Gasteiger partial charge in [-0.25, -0.2) is 0 Å². The molecule has 6 heteroatoms. The second-order valence-electron chi connectivity index (χ2n) is 5.24. The molecule has 0 aliphatic carbocycles. The van der Waals surface area contributed by atoms with E-state index in [0.717, 1.165) is 5.56 Å². The van der Waals surface area contributed by atoms with Crippen LogP contribution in [0.25, 0.3) is 6.08 Å². The second kappa shape index (κ2) is 8.97. The molecular formula is C20H14Cl2N2O2. The number of halogens is 2. The lowest BCUT2D eigenvalue weighted by Crippen LogP contribution is -2.14. The number of anilines is 1. The molecular weight excluding hydrogens is 371 g/mol. The topological polar surface area (TPSA) is 62.1 Å². The normalized spacial score (nSPS) is 10.6. The third kappa shape index (κ3) is 4.80. The highest BCUT2D eigenvalue weighted by Gasteiger charge is 2.15. The second-order valence-corrected chi connectivity index (χ2v) is 6.08. The summed E-state index contributed by atoms with van der Waals surface area (Å²) in [4.78, 5) is 12.5. The molecule has 0 fully saturated rings. The number of terminal acetylenes is 1. The summed E-state index contributed by atoms with van der Waals surface area (Å²) < 4.78 is 5.42. The predicted molar refractivity (Wildman–Crippen MR) is 104 cm³/mol. The van der Waals surface area contributed by atoms with Crippen molar-refractivity contribution in [3.8, 4) is 24.2 Å². The van der Waals surface area contributed by atoms with Crippen LogP contribution >= 0.6 is 23.2 Å². The van der Waals surface area contributed by atoms with Gasteiger partial charge in [0.1, 0.15) is 24.0 Å². The highest BCUT2D eigenvalue weighted by molar-refractivity contribution is 6.36. The largest absolute Gasteiger partial charge is 0.479 e. The van der Waals surface area contributed by atoms with Crippen LogP contribution in [-0.4, -0.2) is 12.5 Å². The van der Waals surface area contributed by atoms with E-state index in [2.05, 4.69) is 11.2 Å². The van der Waals surface area contributed by atoms with Crippen LogP contribution in [0.3, 0.4) is 0 Å². The van der Waals surface area contributed by atoms with E-state index in [1.165, 1.54) is 18.2 Å². The fourth-order valence-electron chi connectivity index (χ4n) is 2.16. The van der Waals surface area contributed by atoms with Gasteiger partial charge in [-0.15, -0.1) is 6.42 Å². The molecule has 0 radical (unpaired) electrons. The van der Waals surface area contributed by atoms with E-state index >= 15 is 0 Å². The first-order valence-corrected chi connectivity index (χ1v) is 8.26. The van der Waals surface area contributed by atoms with Crippen molar-refractivity contribution in [1.82, 2.24) is 0 Å². The van der Waals surface area contributed by atoms with Crippen molar-refractivity contribution in [1.29, 1.82) is 5.26 Å². The lowest BCUT2D eigenvalue weighted by molar-refractivity contribution is -0.112. The summed E-state index contributed by atoms with van der Waals surface area (Å²) in [6, 6.07) is 12.2. The molecule has 0 bridgehead atoms. The molecule has 1 amide bonds. The van der Waals surface area contributed by atoms with Gasteiger partial charge in [-0.3, -0.25) is 4.79 Å². The van der Waals surface area contributed by atoms with Crippen molar-refractivity contribution in [3.63, 3.8) is 0 Å². The highest BCUT2D eigenvalue weighted by Crippen LogP contribution is 2.34. The molecule has 26 heavy (non-hydrogen) atoms. The van der Waals surface area contributed by atoms with Gasteiger partial charge in [0.15, 0.2) is 0 Å². The fourth-order valence-corrected chi connectivity index (χ4v) is 2.72. The molecule has 0 aliphatic rings. The third-order valence-corrected chi connectivity index (χ3v) is 3.89. The van der Waals surface area contributed by atoms with Gasteiger partial charge < -0.3 is 10.1 Å². The van der Waals surface area contributed by atoms with Gasteiger partial charge in [0.25, 0.3) is 5.91 Å². The molecule has 0 unspecified atom stereocenters. The highest BCUT2D eigenvalue weighted by atomic mass is 35.5. The maximum absolute atomic E-state index is 12.5. The Bertz CT molecular complexity index is 953. The lowest BCUT2D eigenvalue weighted by Gasteiger charge is -2.11. The van der Waals surface area contributed by atoms with Crippen molar-refractivity contribution < 1.29 is 9.53 Å². The molecule has 0 spiro atoms. The first-order chi connectivity index (χ1) is 12.5. The molecule has 2 rings (SSSR count). The summed E-state index contributed by atoms with van der Waals surface area (Å²) in [5, 5.41) is 12.7. The monoisotopic (exact) mass is 384 g/mol. The molecule has 0 saturated heterocycles. The van der Waals surface area contributed by atoms with E-state index in [1.807, 2.05) is 25.1 Å². The molecule has 2 aromatic rings. The number of nitrogens with zero attached hydrogens (tertiary/aromatic N) is 1. The summed E-state index contributed by atoms with van der Waals surface area (Å²) >= 11 is 12.2. The number of hydrogen-bond acceptors (Lipinski definition) is 3. The first kappa shape index (κ1) is 19.4. The van der Waals surface area contributed by atoms with Crippen LogP contribution < -0.4 is 10.1 Å². The Labute approximate surface area is 162 Å². The predicted octanol–water partition coefficient (Wildman–Crippen LogP) is 4.86. The van der Waals surface area contributed by atoms with Gasteiger partial charge >= 0.3 is 0 Å². The van der Waals surface area contributed by atoms with Crippen molar-refractivity contribution in [2.24, 2.45) is 0 Å². The number of hydrogen-bond donors (Lipinski definition) is 1. The van der Waals surface area contributed by atoms with E-state index in [4.69, 9.17) is 34.4 Å². The zero-order valence-corrected chi connectivity index (χ0v) is 15.4. The Balaban J connectivity index is 2.39. The van der Waals surface area contributed by atoms with E-state index in [-0.39, 0.29) is 23.0 Å². The van der Waals surface area contributed by atoms with Crippen LogP contribution in [0, 0.1) is 30.6 Å². The number of aryl methyl sites for hydroxylation is 1.